The second-order valence-corrected chi connectivity index (χ2v) is 10.1. The topological polar surface area (TPSA) is 65.5 Å². The summed E-state index contributed by atoms with van der Waals surface area (Å²) in [5.74, 6) is 0.619. The molecule has 2 amide bonds. The van der Waals surface area contributed by atoms with Crippen LogP contribution in [0.1, 0.15) is 53.4 Å². The Labute approximate surface area is 205 Å². The quantitative estimate of drug-likeness (QED) is 0.614. The van der Waals surface area contributed by atoms with E-state index in [0.717, 1.165) is 30.8 Å². The van der Waals surface area contributed by atoms with Gasteiger partial charge in [-0.3, -0.25) is 19.5 Å². The summed E-state index contributed by atoms with van der Waals surface area (Å²) in [5.41, 5.74) is 3.78. The summed E-state index contributed by atoms with van der Waals surface area (Å²) in [6.07, 6.45) is 4.60. The van der Waals surface area contributed by atoms with Crippen molar-refractivity contribution in [3.63, 3.8) is 0 Å². The van der Waals surface area contributed by atoms with E-state index in [1.807, 2.05) is 17.9 Å². The number of anilines is 1. The number of hydrogen-bond acceptors (Lipinski definition) is 4. The van der Waals surface area contributed by atoms with Gasteiger partial charge in [0.25, 0.3) is 5.91 Å². The zero-order valence-corrected chi connectivity index (χ0v) is 20.8. The summed E-state index contributed by atoms with van der Waals surface area (Å²) in [5, 5.41) is 3.97. The van der Waals surface area contributed by atoms with Gasteiger partial charge in [-0.2, -0.15) is 0 Å². The van der Waals surface area contributed by atoms with Crippen LogP contribution in [0.4, 0.5) is 5.69 Å². The van der Waals surface area contributed by atoms with Gasteiger partial charge in [0, 0.05) is 55.5 Å². The Hall–Kier alpha value is -2.15. The molecule has 2 fully saturated rings. The van der Waals surface area contributed by atoms with E-state index in [-0.39, 0.29) is 11.9 Å². The van der Waals surface area contributed by atoms with Crippen LogP contribution in [-0.2, 0) is 11.3 Å². The smallest absolute Gasteiger partial charge is 0.257 e. The Morgan fingerprint density at radius 2 is 1.91 bits per heavy atom. The van der Waals surface area contributed by atoms with Gasteiger partial charge in [-0.25, -0.2) is 0 Å². The summed E-state index contributed by atoms with van der Waals surface area (Å²) in [4.78, 5) is 33.9. The molecule has 0 radical (unpaired) electrons. The molecule has 1 aromatic carbocycles. The zero-order valence-electron chi connectivity index (χ0n) is 19.3. The normalized spacial score (nSPS) is 18.9. The highest BCUT2D eigenvalue weighted by molar-refractivity contribution is 6.32. The lowest BCUT2D eigenvalue weighted by atomic mass is 10.0. The van der Waals surface area contributed by atoms with Crippen LogP contribution >= 0.6 is 23.2 Å². The van der Waals surface area contributed by atoms with Gasteiger partial charge in [0.15, 0.2) is 0 Å². The number of carbonyl (C=O) groups excluding carboxylic acids is 2. The Morgan fingerprint density at radius 1 is 1.15 bits per heavy atom. The first-order chi connectivity index (χ1) is 15.7. The molecule has 176 valence electrons. The summed E-state index contributed by atoms with van der Waals surface area (Å²) in [7, 11) is 0. The molecule has 6 nitrogen and oxygen atoms in total. The molecule has 4 rings (SSSR count). The van der Waals surface area contributed by atoms with Crippen LogP contribution < -0.4 is 5.32 Å². The SMILES string of the molecule is Cc1ncc(C(=O)Nc2cc(Cl)cc(CN3CCN(C(=O)CC4CC4)C(C)C3)c2C)cc1Cl. The highest BCUT2D eigenvalue weighted by atomic mass is 35.5. The largest absolute Gasteiger partial charge is 0.337 e. The van der Waals surface area contributed by atoms with Crippen molar-refractivity contribution < 1.29 is 9.59 Å². The van der Waals surface area contributed by atoms with Crippen molar-refractivity contribution in [2.45, 2.75) is 52.6 Å². The second-order valence-electron chi connectivity index (χ2n) is 9.30. The van der Waals surface area contributed by atoms with Crippen molar-refractivity contribution in [3.8, 4) is 0 Å². The third-order valence-electron chi connectivity index (χ3n) is 6.60. The fraction of sp³-hybridized carbons (Fsp3) is 0.480. The van der Waals surface area contributed by atoms with Crippen molar-refractivity contribution in [2.24, 2.45) is 5.92 Å². The number of aryl methyl sites for hydroxylation is 1. The van der Waals surface area contributed by atoms with Gasteiger partial charge in [0.1, 0.15) is 0 Å². The molecule has 33 heavy (non-hydrogen) atoms. The summed E-state index contributed by atoms with van der Waals surface area (Å²) < 4.78 is 0. The Kier molecular flexibility index (Phi) is 7.27. The van der Waals surface area contributed by atoms with Gasteiger partial charge in [-0.05, 0) is 68.9 Å². The Bertz CT molecular complexity index is 1070. The minimum atomic E-state index is -0.280. The van der Waals surface area contributed by atoms with E-state index < -0.39 is 0 Å². The van der Waals surface area contributed by atoms with Crippen molar-refractivity contribution in [1.29, 1.82) is 0 Å². The van der Waals surface area contributed by atoms with E-state index in [1.165, 1.54) is 19.0 Å². The molecule has 1 aliphatic carbocycles. The molecule has 0 spiro atoms. The predicted molar refractivity (Wildman–Crippen MR) is 132 cm³/mol. The molecule has 1 atom stereocenters. The van der Waals surface area contributed by atoms with Gasteiger partial charge in [0.2, 0.25) is 5.91 Å². The molecule has 1 saturated heterocycles. The van der Waals surface area contributed by atoms with Crippen LogP contribution in [0.2, 0.25) is 10.0 Å². The molecule has 8 heteroatoms. The minimum absolute atomic E-state index is 0.183. The van der Waals surface area contributed by atoms with Crippen molar-refractivity contribution in [3.05, 3.63) is 56.8 Å². The average Bonchev–Trinajstić information content (AvgIpc) is 3.57. The van der Waals surface area contributed by atoms with Crippen LogP contribution in [0.25, 0.3) is 0 Å². The van der Waals surface area contributed by atoms with E-state index in [4.69, 9.17) is 23.2 Å². The fourth-order valence-corrected chi connectivity index (χ4v) is 4.74. The van der Waals surface area contributed by atoms with Crippen molar-refractivity contribution in [2.75, 3.05) is 25.0 Å². The van der Waals surface area contributed by atoms with Gasteiger partial charge in [-0.1, -0.05) is 23.2 Å². The first-order valence-electron chi connectivity index (χ1n) is 11.5. The number of carbonyl (C=O) groups is 2. The molecule has 1 saturated carbocycles. The van der Waals surface area contributed by atoms with E-state index in [1.54, 1.807) is 19.1 Å². The Balaban J connectivity index is 1.43. The highest BCUT2D eigenvalue weighted by Gasteiger charge is 2.32. The third-order valence-corrected chi connectivity index (χ3v) is 7.20. The Morgan fingerprint density at radius 3 is 2.58 bits per heavy atom. The van der Waals surface area contributed by atoms with E-state index in [9.17, 15) is 9.59 Å². The number of amides is 2. The van der Waals surface area contributed by atoms with Gasteiger partial charge in [0.05, 0.1) is 16.3 Å². The zero-order chi connectivity index (χ0) is 23.7. The second kappa shape index (κ2) is 10.00. The van der Waals surface area contributed by atoms with Crippen LogP contribution in [0.3, 0.4) is 0 Å². The van der Waals surface area contributed by atoms with Crippen LogP contribution in [0.5, 0.6) is 0 Å². The third kappa shape index (κ3) is 5.86. The molecule has 0 bridgehead atoms. The number of hydrogen-bond donors (Lipinski definition) is 1. The molecule has 1 aromatic heterocycles. The fourth-order valence-electron chi connectivity index (χ4n) is 4.33. The van der Waals surface area contributed by atoms with E-state index in [2.05, 4.69) is 22.1 Å². The maximum atomic E-state index is 12.8. The van der Waals surface area contributed by atoms with Crippen LogP contribution in [-0.4, -0.2) is 52.3 Å². The van der Waals surface area contributed by atoms with Crippen molar-refractivity contribution in [1.82, 2.24) is 14.8 Å². The molecule has 1 N–H and O–H groups in total. The van der Waals surface area contributed by atoms with Gasteiger partial charge < -0.3 is 10.2 Å². The first-order valence-corrected chi connectivity index (χ1v) is 12.2. The number of rotatable bonds is 6. The maximum Gasteiger partial charge on any atom is 0.257 e. The first kappa shape index (κ1) is 24.0. The molecular formula is C25H30Cl2N4O2. The molecule has 2 aliphatic rings. The van der Waals surface area contributed by atoms with Gasteiger partial charge >= 0.3 is 0 Å². The number of benzene rings is 1. The number of nitrogens with zero attached hydrogens (tertiary/aromatic N) is 3. The number of piperazine rings is 1. The monoisotopic (exact) mass is 488 g/mol. The molecule has 1 aliphatic heterocycles. The lowest BCUT2D eigenvalue weighted by molar-refractivity contribution is -0.136. The summed E-state index contributed by atoms with van der Waals surface area (Å²) >= 11 is 12.5. The standard InChI is InChI=1S/C25H30Cl2N4O2/c1-15-13-30(6-7-31(15)24(32)8-18-4-5-18)14-20-9-21(26)11-23(16(20)2)29-25(33)19-10-22(27)17(3)28-12-19/h9-12,15,18H,4-8,13-14H2,1-3H3,(H,29,33). The number of halogens is 2. The van der Waals surface area contributed by atoms with Crippen molar-refractivity contribution >= 4 is 40.7 Å². The summed E-state index contributed by atoms with van der Waals surface area (Å²) in [6.45, 7) is 8.99. The maximum absolute atomic E-state index is 12.8. The predicted octanol–water partition coefficient (Wildman–Crippen LogP) is 5.09. The molecule has 1 unspecified atom stereocenters. The lowest BCUT2D eigenvalue weighted by Crippen LogP contribution is -2.53. The number of aromatic nitrogens is 1. The minimum Gasteiger partial charge on any atom is -0.337 e. The van der Waals surface area contributed by atoms with E-state index >= 15 is 0 Å². The average molecular weight is 489 g/mol. The van der Waals surface area contributed by atoms with Crippen LogP contribution in [0, 0.1) is 19.8 Å². The molecule has 2 aromatic rings. The molecule has 2 heterocycles. The highest BCUT2D eigenvalue weighted by Crippen LogP contribution is 2.33. The van der Waals surface area contributed by atoms with Crippen LogP contribution in [0.15, 0.2) is 24.4 Å². The lowest BCUT2D eigenvalue weighted by Gasteiger charge is -2.40. The number of pyridine rings is 1. The number of nitrogens with one attached hydrogen (secondary N) is 1. The molecular weight excluding hydrogens is 459 g/mol. The van der Waals surface area contributed by atoms with E-state index in [0.29, 0.717) is 51.8 Å². The summed E-state index contributed by atoms with van der Waals surface area (Å²) in [6, 6.07) is 5.51. The van der Waals surface area contributed by atoms with Gasteiger partial charge in [-0.15, -0.1) is 0 Å².